The molecule has 2 heterocycles. The normalized spacial score (nSPS) is 10.3. The second-order valence-electron chi connectivity index (χ2n) is 3.99. The van der Waals surface area contributed by atoms with Crippen LogP contribution in [-0.4, -0.2) is 44.7 Å². The Morgan fingerprint density at radius 3 is 2.59 bits per heavy atom. The number of nitrogens with zero attached hydrogens (tertiary/aromatic N) is 4. The minimum atomic E-state index is -3.12. The van der Waals surface area contributed by atoms with Gasteiger partial charge in [0.1, 0.15) is 12.7 Å². The van der Waals surface area contributed by atoms with Gasteiger partial charge in [-0.1, -0.05) is 0 Å². The summed E-state index contributed by atoms with van der Waals surface area (Å²) in [7, 11) is 0. The topological polar surface area (TPSA) is 98.7 Å². The summed E-state index contributed by atoms with van der Waals surface area (Å²) in [5.74, 6) is -3.30. The van der Waals surface area contributed by atoms with Crippen molar-refractivity contribution in [3.05, 3.63) is 36.5 Å². The Morgan fingerprint density at radius 1 is 1.36 bits per heavy atom. The molecule has 0 fully saturated rings. The van der Waals surface area contributed by atoms with Crippen LogP contribution in [0.2, 0.25) is 0 Å². The van der Waals surface area contributed by atoms with Gasteiger partial charge in [-0.25, -0.2) is 23.4 Å². The summed E-state index contributed by atoms with van der Waals surface area (Å²) >= 11 is 0. The highest BCUT2D eigenvalue weighted by atomic mass is 35.5. The third-order valence-corrected chi connectivity index (χ3v) is 2.47. The van der Waals surface area contributed by atoms with E-state index in [1.807, 2.05) is 0 Å². The molecule has 0 saturated heterocycles. The van der Waals surface area contributed by atoms with Gasteiger partial charge in [-0.2, -0.15) is 5.10 Å². The molecule has 0 aliphatic rings. The summed E-state index contributed by atoms with van der Waals surface area (Å²) in [6, 6.07) is 2.99. The first-order valence-corrected chi connectivity index (χ1v) is 5.69. The molecule has 0 spiro atoms. The summed E-state index contributed by atoms with van der Waals surface area (Å²) in [6.07, 6.45) is 4.06. The molecule has 2 aromatic rings. The predicted octanol–water partition coefficient (Wildman–Crippen LogP) is 0.830. The first-order chi connectivity index (χ1) is 9.52. The van der Waals surface area contributed by atoms with E-state index in [4.69, 9.17) is 5.73 Å². The highest BCUT2D eigenvalue weighted by molar-refractivity contribution is 5.93. The molecule has 0 aliphatic carbocycles. The zero-order chi connectivity index (χ0) is 14.6. The van der Waals surface area contributed by atoms with E-state index in [-0.39, 0.29) is 30.4 Å². The number of hydrogen-bond acceptors (Lipinski definition) is 5. The number of alkyl halides is 2. The van der Waals surface area contributed by atoms with Crippen molar-refractivity contribution in [1.82, 2.24) is 25.1 Å². The zero-order valence-corrected chi connectivity index (χ0v) is 12.8. The molecule has 22 heavy (non-hydrogen) atoms. The molecule has 0 bridgehead atoms. The fourth-order valence-electron chi connectivity index (χ4n) is 1.37. The highest BCUT2D eigenvalue weighted by Crippen LogP contribution is 2.09. The second kappa shape index (κ2) is 8.57. The van der Waals surface area contributed by atoms with Crippen LogP contribution in [0.25, 0.3) is 5.82 Å². The predicted molar refractivity (Wildman–Crippen MR) is 80.0 cm³/mol. The van der Waals surface area contributed by atoms with E-state index >= 15 is 0 Å². The summed E-state index contributed by atoms with van der Waals surface area (Å²) in [6.45, 7) is -1.63. The number of nitrogens with one attached hydrogen (secondary N) is 1. The second-order valence-corrected chi connectivity index (χ2v) is 3.99. The largest absolute Gasteiger partial charge is 0.346 e. The number of hydrogen-bond donors (Lipinski definition) is 2. The molecule has 0 aliphatic heterocycles. The number of carbonyl (C=O) groups is 1. The average molecular weight is 355 g/mol. The monoisotopic (exact) mass is 354 g/mol. The zero-order valence-electron chi connectivity index (χ0n) is 11.1. The molecular weight excluding hydrogens is 341 g/mol. The molecule has 0 aromatic carbocycles. The van der Waals surface area contributed by atoms with Crippen molar-refractivity contribution < 1.29 is 13.6 Å². The molecule has 1 amide bonds. The summed E-state index contributed by atoms with van der Waals surface area (Å²) in [5.41, 5.74) is 5.04. The van der Waals surface area contributed by atoms with E-state index in [0.717, 1.165) is 0 Å². The van der Waals surface area contributed by atoms with Crippen LogP contribution in [0.1, 0.15) is 10.4 Å². The number of rotatable bonds is 5. The summed E-state index contributed by atoms with van der Waals surface area (Å²) in [5, 5.41) is 5.97. The Kier molecular flexibility index (Phi) is 7.85. The van der Waals surface area contributed by atoms with Crippen molar-refractivity contribution in [3.63, 3.8) is 0 Å². The van der Waals surface area contributed by atoms with Crippen LogP contribution < -0.4 is 11.1 Å². The lowest BCUT2D eigenvalue weighted by Gasteiger charge is -2.14. The molecule has 0 atom stereocenters. The van der Waals surface area contributed by atoms with Gasteiger partial charge in [-0.05, 0) is 12.1 Å². The molecule has 0 saturated carbocycles. The van der Waals surface area contributed by atoms with Gasteiger partial charge in [0.15, 0.2) is 5.82 Å². The van der Waals surface area contributed by atoms with Crippen LogP contribution in [0.5, 0.6) is 0 Å². The fraction of sp³-hybridized carbons (Fsp3) is 0.273. The van der Waals surface area contributed by atoms with Crippen LogP contribution in [0.15, 0.2) is 31.0 Å². The van der Waals surface area contributed by atoms with Crippen molar-refractivity contribution in [1.29, 1.82) is 0 Å². The van der Waals surface area contributed by atoms with E-state index in [1.54, 1.807) is 0 Å². The highest BCUT2D eigenvalue weighted by Gasteiger charge is 2.27. The number of halogens is 4. The van der Waals surface area contributed by atoms with E-state index in [2.05, 4.69) is 20.4 Å². The Hall–Kier alpha value is -1.84. The SMILES string of the molecule is Cl.Cl.NCC(F)(F)CNC(=O)c1ccc(-n2cncn2)nc1. The minimum Gasteiger partial charge on any atom is -0.346 e. The molecular formula is C11H14Cl2F2N6O. The van der Waals surface area contributed by atoms with Gasteiger partial charge >= 0.3 is 0 Å². The molecule has 3 N–H and O–H groups in total. The van der Waals surface area contributed by atoms with Crippen LogP contribution >= 0.6 is 24.8 Å². The standard InChI is InChI=1S/C11H12F2N6O.2ClH/c12-11(13,4-14)5-17-10(20)8-1-2-9(16-3-8)19-7-15-6-18-19;;/h1-3,6-7H,4-5,14H2,(H,17,20);2*1H. The number of carbonyl (C=O) groups excluding carboxylic acids is 1. The lowest BCUT2D eigenvalue weighted by molar-refractivity contribution is 0.0118. The maximum atomic E-state index is 12.9. The van der Waals surface area contributed by atoms with Crippen molar-refractivity contribution in [2.45, 2.75) is 5.92 Å². The molecule has 0 radical (unpaired) electrons. The molecule has 0 unspecified atom stereocenters. The molecule has 2 aromatic heterocycles. The smallest absolute Gasteiger partial charge is 0.277 e. The quantitative estimate of drug-likeness (QED) is 0.828. The third-order valence-electron chi connectivity index (χ3n) is 2.47. The van der Waals surface area contributed by atoms with E-state index in [9.17, 15) is 13.6 Å². The van der Waals surface area contributed by atoms with Gasteiger partial charge < -0.3 is 11.1 Å². The first kappa shape index (κ1) is 20.2. The fourth-order valence-corrected chi connectivity index (χ4v) is 1.37. The van der Waals surface area contributed by atoms with Crippen LogP contribution in [0.3, 0.4) is 0 Å². The maximum Gasteiger partial charge on any atom is 0.277 e. The van der Waals surface area contributed by atoms with Crippen LogP contribution in [0, 0.1) is 0 Å². The molecule has 7 nitrogen and oxygen atoms in total. The van der Waals surface area contributed by atoms with Gasteiger partial charge in [-0.15, -0.1) is 24.8 Å². The summed E-state index contributed by atoms with van der Waals surface area (Å²) in [4.78, 5) is 19.4. The number of pyridine rings is 1. The Morgan fingerprint density at radius 2 is 2.09 bits per heavy atom. The van der Waals surface area contributed by atoms with E-state index in [1.165, 1.54) is 35.7 Å². The molecule has 2 rings (SSSR count). The van der Waals surface area contributed by atoms with Gasteiger partial charge in [-0.3, -0.25) is 4.79 Å². The van der Waals surface area contributed by atoms with Crippen molar-refractivity contribution in [3.8, 4) is 5.82 Å². The van der Waals surface area contributed by atoms with Crippen molar-refractivity contribution >= 4 is 30.7 Å². The van der Waals surface area contributed by atoms with Gasteiger partial charge in [0, 0.05) is 6.20 Å². The van der Waals surface area contributed by atoms with Crippen LogP contribution in [-0.2, 0) is 0 Å². The number of aromatic nitrogens is 4. The summed E-state index contributed by atoms with van der Waals surface area (Å²) < 4.78 is 27.2. The lowest BCUT2D eigenvalue weighted by Crippen LogP contribution is -2.41. The van der Waals surface area contributed by atoms with Gasteiger partial charge in [0.25, 0.3) is 11.8 Å². The van der Waals surface area contributed by atoms with Gasteiger partial charge in [0.2, 0.25) is 0 Å². The average Bonchev–Trinajstić information content (AvgIpc) is 2.99. The maximum absolute atomic E-state index is 12.9. The Balaban J connectivity index is 0.00000220. The Bertz CT molecular complexity index is 579. The molecule has 122 valence electrons. The van der Waals surface area contributed by atoms with Crippen molar-refractivity contribution in [2.75, 3.05) is 13.1 Å². The van der Waals surface area contributed by atoms with E-state index < -0.39 is 24.9 Å². The van der Waals surface area contributed by atoms with Crippen molar-refractivity contribution in [2.24, 2.45) is 5.73 Å². The minimum absolute atomic E-state index is 0. The van der Waals surface area contributed by atoms with Gasteiger partial charge in [0.05, 0.1) is 18.7 Å². The third kappa shape index (κ3) is 5.17. The molecule has 11 heteroatoms. The van der Waals surface area contributed by atoms with E-state index in [0.29, 0.717) is 5.82 Å². The van der Waals surface area contributed by atoms with Crippen LogP contribution in [0.4, 0.5) is 8.78 Å². The number of amides is 1. The lowest BCUT2D eigenvalue weighted by atomic mass is 10.2. The first-order valence-electron chi connectivity index (χ1n) is 5.69. The number of nitrogens with two attached hydrogens (primary N) is 1. The Labute approximate surface area is 137 Å².